The maximum atomic E-state index is 14.5. The van der Waals surface area contributed by atoms with Gasteiger partial charge < -0.3 is 10.0 Å². The molecule has 0 spiro atoms. The number of aliphatic hydroxyl groups is 1. The Bertz CT molecular complexity index is 1420. The molecule has 2 saturated heterocycles. The molecule has 3 N–H and O–H groups in total. The first kappa shape index (κ1) is 28.2. The van der Waals surface area contributed by atoms with Gasteiger partial charge >= 0.3 is 11.9 Å². The average Bonchev–Trinajstić information content (AvgIpc) is 3.18. The first-order valence-electron chi connectivity index (χ1n) is 13.0. The number of carbonyl (C=O) groups is 1. The molecule has 2 aromatic heterocycles. The lowest BCUT2D eigenvalue weighted by molar-refractivity contribution is -0.163. The minimum atomic E-state index is -4.70. The van der Waals surface area contributed by atoms with E-state index in [0.29, 0.717) is 42.0 Å². The third-order valence-electron chi connectivity index (χ3n) is 7.70. The number of aliphatic hydroxyl groups excluding tert-OH is 1. The molecule has 0 radical (unpaired) electrons. The monoisotopic (exact) mass is 568 g/mol. The number of imidazole rings is 1. The fourth-order valence-corrected chi connectivity index (χ4v) is 5.76. The molecule has 40 heavy (non-hydrogen) atoms. The van der Waals surface area contributed by atoms with Gasteiger partial charge in [0.15, 0.2) is 23.6 Å². The number of fused-ring (bicyclic) bond motifs is 1. The zero-order valence-corrected chi connectivity index (χ0v) is 21.4. The zero-order valence-electron chi connectivity index (χ0n) is 21.4. The lowest BCUT2D eigenvalue weighted by atomic mass is 9.93. The van der Waals surface area contributed by atoms with Crippen LogP contribution >= 0.6 is 0 Å². The van der Waals surface area contributed by atoms with E-state index in [0.717, 1.165) is 6.07 Å². The van der Waals surface area contributed by atoms with Crippen LogP contribution in [-0.4, -0.2) is 80.1 Å². The van der Waals surface area contributed by atoms with Crippen molar-refractivity contribution in [3.63, 3.8) is 0 Å². The van der Waals surface area contributed by atoms with Crippen LogP contribution in [0, 0.1) is 11.6 Å². The molecule has 0 aliphatic carbocycles. The number of rotatable bonds is 6. The maximum absolute atomic E-state index is 14.5. The molecule has 2 fully saturated rings. The van der Waals surface area contributed by atoms with Gasteiger partial charge in [-0.05, 0) is 49.4 Å². The highest BCUT2D eigenvalue weighted by atomic mass is 19.4. The number of likely N-dealkylation sites (tertiary alicyclic amines) is 2. The summed E-state index contributed by atoms with van der Waals surface area (Å²) in [5.41, 5.74) is 0.765. The lowest BCUT2D eigenvalue weighted by Crippen LogP contribution is -2.57. The van der Waals surface area contributed by atoms with E-state index in [9.17, 15) is 36.6 Å². The number of aromatic amines is 1. The first-order valence-corrected chi connectivity index (χ1v) is 13.0. The Labute approximate surface area is 225 Å². The zero-order chi connectivity index (χ0) is 28.6. The van der Waals surface area contributed by atoms with Crippen molar-refractivity contribution < 1.29 is 31.9 Å². The summed E-state index contributed by atoms with van der Waals surface area (Å²) < 4.78 is 70.0. The van der Waals surface area contributed by atoms with Crippen molar-refractivity contribution in [2.24, 2.45) is 0 Å². The number of aromatic nitrogens is 3. The van der Waals surface area contributed by atoms with E-state index in [1.54, 1.807) is 27.8 Å². The largest absolute Gasteiger partial charge is 0.406 e. The van der Waals surface area contributed by atoms with Crippen LogP contribution in [-0.2, 0) is 4.79 Å². The molecule has 1 aromatic carbocycles. The molecule has 14 heteroatoms. The van der Waals surface area contributed by atoms with Gasteiger partial charge in [0.25, 0.3) is 0 Å². The Balaban J connectivity index is 1.27. The summed E-state index contributed by atoms with van der Waals surface area (Å²) in [5, 5.41) is 13.6. The molecule has 2 unspecified atom stereocenters. The molecule has 3 aromatic rings. The van der Waals surface area contributed by atoms with Crippen LogP contribution in [0.5, 0.6) is 0 Å². The Kier molecular flexibility index (Phi) is 7.93. The van der Waals surface area contributed by atoms with Crippen molar-refractivity contribution in [2.75, 3.05) is 26.2 Å². The molecule has 4 heterocycles. The van der Waals surface area contributed by atoms with E-state index in [4.69, 9.17) is 0 Å². The molecular formula is C26H29F5N6O3. The van der Waals surface area contributed by atoms with Crippen LogP contribution in [0.4, 0.5) is 22.0 Å². The van der Waals surface area contributed by atoms with Gasteiger partial charge in [0.05, 0.1) is 11.6 Å². The van der Waals surface area contributed by atoms with Gasteiger partial charge in [-0.1, -0.05) is 12.1 Å². The van der Waals surface area contributed by atoms with Gasteiger partial charge in [0.2, 0.25) is 5.91 Å². The standard InChI is InChI=1S/C26H29F5N6O3/c27-18-4-1-3-17(21(18)28)15-6-7-19(23(38)36(13-15)14-26(29,30)31)33-24(39)35-11-8-16(9-12-35)37-20-5-2-10-32-22(20)34-25(37)40/h1-5,10,15-16,19,24,33,39H,6-9,11-14H2,(H,32,34,40)/t15?,19-,24?/m1/s1. The fraction of sp³-hybridized carbons (Fsp3) is 0.500. The number of pyridine rings is 1. The Morgan fingerprint density at radius 1 is 1.07 bits per heavy atom. The van der Waals surface area contributed by atoms with E-state index in [1.165, 1.54) is 12.1 Å². The van der Waals surface area contributed by atoms with Gasteiger partial charge in [-0.2, -0.15) is 13.2 Å². The molecule has 1 amide bonds. The van der Waals surface area contributed by atoms with Crippen LogP contribution < -0.4 is 11.0 Å². The maximum Gasteiger partial charge on any atom is 0.406 e. The SMILES string of the molecule is O=C1[C@H](NC(O)N2CCC(n3c(=O)[nH]c4ncccc43)CC2)CCC(c2cccc(F)c2F)CN1CC(F)(F)F. The van der Waals surface area contributed by atoms with Crippen LogP contribution in [0.3, 0.4) is 0 Å². The summed E-state index contributed by atoms with van der Waals surface area (Å²) >= 11 is 0. The predicted molar refractivity (Wildman–Crippen MR) is 134 cm³/mol. The topological polar surface area (TPSA) is 106 Å². The summed E-state index contributed by atoms with van der Waals surface area (Å²) in [5.74, 6) is -3.99. The van der Waals surface area contributed by atoms with E-state index in [-0.39, 0.29) is 30.1 Å². The third-order valence-corrected chi connectivity index (χ3v) is 7.70. The normalized spacial score (nSPS) is 22.6. The predicted octanol–water partition coefficient (Wildman–Crippen LogP) is 2.84. The Morgan fingerprint density at radius 3 is 2.55 bits per heavy atom. The number of alkyl halides is 3. The summed E-state index contributed by atoms with van der Waals surface area (Å²) in [6.07, 6.45) is -3.35. The molecule has 0 bridgehead atoms. The second-order valence-electron chi connectivity index (χ2n) is 10.3. The van der Waals surface area contributed by atoms with Crippen molar-refractivity contribution in [1.29, 1.82) is 0 Å². The number of nitrogens with zero attached hydrogens (tertiary/aromatic N) is 4. The molecule has 2 aliphatic heterocycles. The van der Waals surface area contributed by atoms with Crippen molar-refractivity contribution in [3.05, 3.63) is 64.2 Å². The number of halogens is 5. The van der Waals surface area contributed by atoms with Gasteiger partial charge in [-0.15, -0.1) is 0 Å². The summed E-state index contributed by atoms with van der Waals surface area (Å²) in [4.78, 5) is 34.8. The van der Waals surface area contributed by atoms with Crippen LogP contribution in [0.2, 0.25) is 0 Å². The van der Waals surface area contributed by atoms with Gasteiger partial charge in [0.1, 0.15) is 6.54 Å². The number of amides is 1. The molecule has 5 rings (SSSR count). The smallest absolute Gasteiger partial charge is 0.365 e. The summed E-state index contributed by atoms with van der Waals surface area (Å²) in [6.45, 7) is -1.29. The number of hydrogen-bond donors (Lipinski definition) is 3. The molecular weight excluding hydrogens is 539 g/mol. The van der Waals surface area contributed by atoms with Crippen molar-refractivity contribution in [1.82, 2.24) is 29.7 Å². The lowest BCUT2D eigenvalue weighted by Gasteiger charge is -2.37. The van der Waals surface area contributed by atoms with Crippen molar-refractivity contribution >= 4 is 17.1 Å². The Morgan fingerprint density at radius 2 is 1.82 bits per heavy atom. The number of nitrogens with one attached hydrogen (secondary N) is 2. The van der Waals surface area contributed by atoms with Crippen LogP contribution in [0.15, 0.2) is 41.3 Å². The minimum absolute atomic E-state index is 0.0130. The van der Waals surface area contributed by atoms with Crippen molar-refractivity contribution in [2.45, 2.75) is 56.2 Å². The number of H-pyrrole nitrogens is 1. The highest BCUT2D eigenvalue weighted by Gasteiger charge is 2.40. The van der Waals surface area contributed by atoms with E-state index in [1.807, 2.05) is 0 Å². The Hall–Kier alpha value is -3.36. The number of carbonyl (C=O) groups excluding carboxylic acids is 1. The summed E-state index contributed by atoms with van der Waals surface area (Å²) in [7, 11) is 0. The van der Waals surface area contributed by atoms with E-state index in [2.05, 4.69) is 15.3 Å². The second-order valence-corrected chi connectivity index (χ2v) is 10.3. The fourth-order valence-electron chi connectivity index (χ4n) is 5.76. The van der Waals surface area contributed by atoms with Crippen LogP contribution in [0.25, 0.3) is 11.2 Å². The molecule has 3 atom stereocenters. The number of benzene rings is 1. The third kappa shape index (κ3) is 5.88. The van der Waals surface area contributed by atoms with E-state index < -0.39 is 55.1 Å². The van der Waals surface area contributed by atoms with Gasteiger partial charge in [0, 0.05) is 37.8 Å². The highest BCUT2D eigenvalue weighted by Crippen LogP contribution is 2.32. The van der Waals surface area contributed by atoms with Crippen molar-refractivity contribution in [3.8, 4) is 0 Å². The minimum Gasteiger partial charge on any atom is -0.365 e. The molecule has 9 nitrogen and oxygen atoms in total. The molecule has 0 saturated carbocycles. The molecule has 216 valence electrons. The summed E-state index contributed by atoms with van der Waals surface area (Å²) in [6, 6.07) is 5.70. The van der Waals surface area contributed by atoms with E-state index >= 15 is 0 Å². The number of hydrogen-bond acceptors (Lipinski definition) is 6. The second kappa shape index (κ2) is 11.3. The highest BCUT2D eigenvalue weighted by molar-refractivity contribution is 5.82. The quantitative estimate of drug-likeness (QED) is 0.312. The van der Waals surface area contributed by atoms with Gasteiger partial charge in [-0.3, -0.25) is 24.6 Å². The van der Waals surface area contributed by atoms with Crippen LogP contribution in [0.1, 0.15) is 43.2 Å². The number of piperidine rings is 1. The van der Waals surface area contributed by atoms with Gasteiger partial charge in [-0.25, -0.2) is 18.6 Å². The average molecular weight is 569 g/mol. The first-order chi connectivity index (χ1) is 19.0. The molecule has 2 aliphatic rings.